The van der Waals surface area contributed by atoms with Crippen molar-refractivity contribution in [3.05, 3.63) is 24.3 Å². The Morgan fingerprint density at radius 2 is 1.65 bits per heavy atom. The van der Waals surface area contributed by atoms with E-state index in [9.17, 15) is 4.79 Å². The summed E-state index contributed by atoms with van der Waals surface area (Å²) in [6, 6.07) is 8.31. The molecule has 3 N–H and O–H groups in total. The minimum absolute atomic E-state index is 0.0938. The van der Waals surface area contributed by atoms with Crippen LogP contribution in [0.3, 0.4) is 0 Å². The Hall–Kier alpha value is -1.55. The van der Waals surface area contributed by atoms with Crippen molar-refractivity contribution >= 4 is 17.3 Å². The molecule has 1 amide bonds. The van der Waals surface area contributed by atoms with Gasteiger partial charge < -0.3 is 16.0 Å². The molecule has 4 bridgehead atoms. The largest absolute Gasteiger partial charge is 0.378 e. The number of amides is 1. The number of nitrogens with one attached hydrogen (secondary N) is 3. The number of hydrogen-bond donors (Lipinski definition) is 3. The van der Waals surface area contributed by atoms with Crippen LogP contribution in [-0.2, 0) is 4.79 Å². The molecule has 1 unspecified atom stereocenters. The van der Waals surface area contributed by atoms with Gasteiger partial charge in [-0.1, -0.05) is 12.1 Å². The third-order valence-corrected chi connectivity index (χ3v) is 7.29. The minimum atomic E-state index is 0.0938. The molecular weight excluding hydrogens is 322 g/mol. The van der Waals surface area contributed by atoms with Crippen molar-refractivity contribution in [1.82, 2.24) is 5.32 Å². The van der Waals surface area contributed by atoms with E-state index in [1.807, 2.05) is 6.07 Å². The Morgan fingerprint density at radius 1 is 1.00 bits per heavy atom. The SMILES string of the molecule is O=C(Nc1ccccc1NC12CC3CC(CC(C3)C1)C2)C1CCCNC1. The van der Waals surface area contributed by atoms with E-state index in [0.29, 0.717) is 0 Å². The summed E-state index contributed by atoms with van der Waals surface area (Å²) in [6.45, 7) is 1.84. The fourth-order valence-corrected chi connectivity index (χ4v) is 6.56. The van der Waals surface area contributed by atoms with Crippen LogP contribution >= 0.6 is 0 Å². The summed E-state index contributed by atoms with van der Waals surface area (Å²) in [5.41, 5.74) is 2.34. The first kappa shape index (κ1) is 16.6. The molecule has 1 aliphatic heterocycles. The molecule has 1 aromatic carbocycles. The van der Waals surface area contributed by atoms with E-state index in [4.69, 9.17) is 0 Å². The van der Waals surface area contributed by atoms with Gasteiger partial charge in [-0.15, -0.1) is 0 Å². The topological polar surface area (TPSA) is 53.2 Å². The number of hydrogen-bond acceptors (Lipinski definition) is 3. The highest BCUT2D eigenvalue weighted by Crippen LogP contribution is 2.56. The third kappa shape index (κ3) is 3.13. The lowest BCUT2D eigenvalue weighted by molar-refractivity contribution is -0.120. The van der Waals surface area contributed by atoms with Gasteiger partial charge in [0.1, 0.15) is 0 Å². The highest BCUT2D eigenvalue weighted by Gasteiger charge is 2.51. The Labute approximate surface area is 156 Å². The maximum Gasteiger partial charge on any atom is 0.228 e. The highest BCUT2D eigenvalue weighted by atomic mass is 16.1. The maximum atomic E-state index is 12.7. The van der Waals surface area contributed by atoms with E-state index < -0.39 is 0 Å². The van der Waals surface area contributed by atoms with Crippen LogP contribution in [0, 0.1) is 23.7 Å². The first-order valence-corrected chi connectivity index (χ1v) is 10.6. The zero-order valence-corrected chi connectivity index (χ0v) is 15.6. The first-order valence-electron chi connectivity index (χ1n) is 10.6. The van der Waals surface area contributed by atoms with Gasteiger partial charge >= 0.3 is 0 Å². The van der Waals surface area contributed by atoms with E-state index in [0.717, 1.165) is 55.1 Å². The minimum Gasteiger partial charge on any atom is -0.378 e. The molecule has 4 saturated carbocycles. The standard InChI is InChI=1S/C22H31N3O/c26-21(18-4-3-7-23-14-18)24-19-5-1-2-6-20(19)25-22-11-15-8-16(12-22)10-17(9-15)13-22/h1-2,5-6,15-18,23,25H,3-4,7-14H2,(H,24,26). The predicted octanol–water partition coefficient (Wildman–Crippen LogP) is 4.01. The van der Waals surface area contributed by atoms with Crippen molar-refractivity contribution in [2.45, 2.75) is 56.9 Å². The van der Waals surface area contributed by atoms with Crippen LogP contribution in [0.1, 0.15) is 51.4 Å². The van der Waals surface area contributed by atoms with E-state index >= 15 is 0 Å². The summed E-state index contributed by atoms with van der Waals surface area (Å²) in [6.07, 6.45) is 10.4. The third-order valence-electron chi connectivity index (χ3n) is 7.29. The van der Waals surface area contributed by atoms with Crippen LogP contribution in [-0.4, -0.2) is 24.5 Å². The number of piperidine rings is 1. The van der Waals surface area contributed by atoms with Gasteiger partial charge in [0.25, 0.3) is 0 Å². The molecule has 5 aliphatic rings. The van der Waals surface area contributed by atoms with Gasteiger partial charge in [-0.05, 0) is 87.8 Å². The van der Waals surface area contributed by atoms with Crippen LogP contribution < -0.4 is 16.0 Å². The normalized spacial score (nSPS) is 38.2. The molecule has 4 aliphatic carbocycles. The molecule has 140 valence electrons. The van der Waals surface area contributed by atoms with Crippen molar-refractivity contribution in [3.8, 4) is 0 Å². The van der Waals surface area contributed by atoms with Gasteiger partial charge in [0.2, 0.25) is 5.91 Å². The summed E-state index contributed by atoms with van der Waals surface area (Å²) in [7, 11) is 0. The van der Waals surface area contributed by atoms with Crippen molar-refractivity contribution in [2.24, 2.45) is 23.7 Å². The predicted molar refractivity (Wildman–Crippen MR) is 105 cm³/mol. The Kier molecular flexibility index (Phi) is 4.19. The summed E-state index contributed by atoms with van der Waals surface area (Å²) in [4.78, 5) is 12.7. The van der Waals surface area contributed by atoms with Crippen molar-refractivity contribution in [3.63, 3.8) is 0 Å². The highest BCUT2D eigenvalue weighted by molar-refractivity contribution is 5.96. The Bertz CT molecular complexity index is 644. The molecule has 1 aromatic rings. The summed E-state index contributed by atoms with van der Waals surface area (Å²) in [5, 5.41) is 10.5. The fraction of sp³-hybridized carbons (Fsp3) is 0.682. The van der Waals surface area contributed by atoms with Crippen LogP contribution in [0.4, 0.5) is 11.4 Å². The van der Waals surface area contributed by atoms with Gasteiger partial charge in [-0.25, -0.2) is 0 Å². The average molecular weight is 354 g/mol. The van der Waals surface area contributed by atoms with Crippen molar-refractivity contribution < 1.29 is 4.79 Å². The Balaban J connectivity index is 1.33. The second-order valence-corrected chi connectivity index (χ2v) is 9.40. The summed E-state index contributed by atoms with van der Waals surface area (Å²) < 4.78 is 0. The molecule has 5 fully saturated rings. The molecule has 4 nitrogen and oxygen atoms in total. The van der Waals surface area contributed by atoms with Crippen LogP contribution in [0.5, 0.6) is 0 Å². The zero-order valence-electron chi connectivity index (χ0n) is 15.6. The van der Waals surface area contributed by atoms with E-state index in [2.05, 4.69) is 34.1 Å². The molecule has 0 spiro atoms. The van der Waals surface area contributed by atoms with Gasteiger partial charge in [-0.2, -0.15) is 0 Å². The van der Waals surface area contributed by atoms with Gasteiger partial charge in [0.05, 0.1) is 17.3 Å². The van der Waals surface area contributed by atoms with Gasteiger partial charge in [0.15, 0.2) is 0 Å². The van der Waals surface area contributed by atoms with Gasteiger partial charge in [0, 0.05) is 12.1 Å². The quantitative estimate of drug-likeness (QED) is 0.767. The van der Waals surface area contributed by atoms with E-state index in [-0.39, 0.29) is 17.4 Å². The van der Waals surface area contributed by atoms with Gasteiger partial charge in [-0.3, -0.25) is 4.79 Å². The number of rotatable bonds is 4. The van der Waals surface area contributed by atoms with E-state index in [1.54, 1.807) is 0 Å². The lowest BCUT2D eigenvalue weighted by Crippen LogP contribution is -2.54. The second-order valence-electron chi connectivity index (χ2n) is 9.40. The number of para-hydroxylation sites is 2. The smallest absolute Gasteiger partial charge is 0.228 e. The monoisotopic (exact) mass is 353 g/mol. The van der Waals surface area contributed by atoms with E-state index in [1.165, 1.54) is 38.5 Å². The summed E-state index contributed by atoms with van der Waals surface area (Å²) >= 11 is 0. The van der Waals surface area contributed by atoms with Crippen molar-refractivity contribution in [2.75, 3.05) is 23.7 Å². The number of anilines is 2. The maximum absolute atomic E-state index is 12.7. The molecule has 0 aromatic heterocycles. The lowest BCUT2D eigenvalue weighted by Gasteiger charge is -2.57. The number of carbonyl (C=O) groups excluding carboxylic acids is 1. The van der Waals surface area contributed by atoms with Crippen LogP contribution in [0.25, 0.3) is 0 Å². The first-order chi connectivity index (χ1) is 12.7. The number of carbonyl (C=O) groups is 1. The second kappa shape index (κ2) is 6.56. The molecule has 6 rings (SSSR count). The molecule has 0 radical (unpaired) electrons. The van der Waals surface area contributed by atoms with Crippen molar-refractivity contribution in [1.29, 1.82) is 0 Å². The fourth-order valence-electron chi connectivity index (χ4n) is 6.56. The molecule has 1 heterocycles. The Morgan fingerprint density at radius 3 is 2.27 bits per heavy atom. The molecule has 4 heteroatoms. The number of benzene rings is 1. The zero-order chi connectivity index (χ0) is 17.6. The molecular formula is C22H31N3O. The lowest BCUT2D eigenvalue weighted by atomic mass is 9.53. The van der Waals surface area contributed by atoms with Crippen LogP contribution in [0.2, 0.25) is 0 Å². The molecule has 1 atom stereocenters. The van der Waals surface area contributed by atoms with Crippen LogP contribution in [0.15, 0.2) is 24.3 Å². The summed E-state index contributed by atoms with van der Waals surface area (Å²) in [5.74, 6) is 3.02. The molecule has 1 saturated heterocycles. The average Bonchev–Trinajstić information content (AvgIpc) is 2.63. The molecule has 26 heavy (non-hydrogen) atoms.